The Balaban J connectivity index is 1.67. The summed E-state index contributed by atoms with van der Waals surface area (Å²) in [4.78, 5) is 60.9. The van der Waals surface area contributed by atoms with Gasteiger partial charge in [0.1, 0.15) is 40.7 Å². The molecule has 0 bridgehead atoms. The summed E-state index contributed by atoms with van der Waals surface area (Å²) < 4.78 is 45.4. The van der Waals surface area contributed by atoms with Crippen molar-refractivity contribution < 1.29 is 41.8 Å². The number of hydrogen-bond donors (Lipinski definition) is 3. The van der Waals surface area contributed by atoms with E-state index in [0.29, 0.717) is 24.0 Å². The lowest BCUT2D eigenvalue weighted by Crippen LogP contribution is -2.62. The highest BCUT2D eigenvalue weighted by molar-refractivity contribution is 7.91. The highest BCUT2D eigenvalue weighted by Crippen LogP contribution is 2.33. The number of amides is 4. The molecule has 14 nitrogen and oxygen atoms in total. The van der Waals surface area contributed by atoms with Crippen molar-refractivity contribution in [1.29, 1.82) is 0 Å². The Morgan fingerprint density at radius 2 is 1.66 bits per heavy atom. The molecule has 2 aromatic rings. The van der Waals surface area contributed by atoms with E-state index in [-0.39, 0.29) is 25.3 Å². The minimum absolute atomic E-state index is 0.00365. The zero-order chi connectivity index (χ0) is 39.7. The zero-order valence-corrected chi connectivity index (χ0v) is 33.3. The first-order chi connectivity index (χ1) is 24.3. The Kier molecular flexibility index (Phi) is 11.8. The van der Waals surface area contributed by atoms with E-state index in [1.54, 1.807) is 47.7 Å². The van der Waals surface area contributed by atoms with Gasteiger partial charge in [-0.25, -0.2) is 18.2 Å². The molecule has 4 rings (SSSR count). The molecule has 1 saturated carbocycles. The third-order valence-corrected chi connectivity index (χ3v) is 10.5. The Morgan fingerprint density at radius 1 is 1.00 bits per heavy atom. The van der Waals surface area contributed by atoms with Crippen LogP contribution in [0, 0.1) is 5.41 Å². The van der Waals surface area contributed by atoms with E-state index >= 15 is 0 Å². The fourth-order valence-electron chi connectivity index (χ4n) is 5.96. The number of likely N-dealkylation sites (tertiary alicyclic amines) is 1. The van der Waals surface area contributed by atoms with E-state index in [1.807, 2.05) is 45.0 Å². The molecule has 1 aromatic carbocycles. The number of carbonyl (C=O) groups excluding carboxylic acids is 4. The molecule has 1 aromatic heterocycles. The lowest BCUT2D eigenvalue weighted by molar-refractivity contribution is -0.143. The number of nitrogens with zero attached hydrogens (tertiary/aromatic N) is 2. The summed E-state index contributed by atoms with van der Waals surface area (Å²) >= 11 is 0. The van der Waals surface area contributed by atoms with Gasteiger partial charge in [-0.3, -0.25) is 19.1 Å². The number of carbonyl (C=O) groups is 4. The molecule has 292 valence electrons. The van der Waals surface area contributed by atoms with Gasteiger partial charge in [0.25, 0.3) is 5.91 Å². The second kappa shape index (κ2) is 15.2. The normalized spacial score (nSPS) is 19.8. The lowest BCUT2D eigenvalue weighted by Gasteiger charge is -2.36. The van der Waals surface area contributed by atoms with Crippen molar-refractivity contribution in [3.8, 4) is 11.6 Å². The molecule has 3 N–H and O–H groups in total. The molecule has 2 fully saturated rings. The van der Waals surface area contributed by atoms with Crippen LogP contribution < -0.4 is 24.8 Å². The maximum Gasteiger partial charge on any atom is 0.408 e. The van der Waals surface area contributed by atoms with Crippen molar-refractivity contribution in [2.24, 2.45) is 5.41 Å². The van der Waals surface area contributed by atoms with E-state index in [9.17, 15) is 27.6 Å². The fourth-order valence-corrected chi connectivity index (χ4v) is 7.37. The summed E-state index contributed by atoms with van der Waals surface area (Å²) in [6.45, 7) is 21.3. The van der Waals surface area contributed by atoms with E-state index in [1.165, 1.54) is 17.9 Å². The van der Waals surface area contributed by atoms with Crippen molar-refractivity contribution in [1.82, 2.24) is 25.2 Å². The predicted octanol–water partition coefficient (Wildman–Crippen LogP) is 4.76. The largest absolute Gasteiger partial charge is 0.488 e. The number of ether oxygens (including phenoxy) is 3. The van der Waals surface area contributed by atoms with Gasteiger partial charge in [-0.2, -0.15) is 0 Å². The maximum atomic E-state index is 14.5. The van der Waals surface area contributed by atoms with Crippen LogP contribution in [0.15, 0.2) is 43.1 Å². The summed E-state index contributed by atoms with van der Waals surface area (Å²) in [5.74, 6) is -1.26. The van der Waals surface area contributed by atoms with Gasteiger partial charge in [0.15, 0.2) is 0 Å². The van der Waals surface area contributed by atoms with Crippen molar-refractivity contribution in [3.63, 3.8) is 0 Å². The molecule has 4 amide bonds. The molecule has 0 radical (unpaired) electrons. The van der Waals surface area contributed by atoms with Gasteiger partial charge >= 0.3 is 6.09 Å². The second-order valence-corrected chi connectivity index (χ2v) is 19.1. The quantitative estimate of drug-likeness (QED) is 0.256. The highest BCUT2D eigenvalue weighted by atomic mass is 32.2. The molecule has 1 aliphatic heterocycles. The van der Waals surface area contributed by atoms with Crippen LogP contribution in [0.2, 0.25) is 0 Å². The first-order valence-corrected chi connectivity index (χ1v) is 19.4. The maximum absolute atomic E-state index is 14.5. The summed E-state index contributed by atoms with van der Waals surface area (Å²) in [6.07, 6.45) is 2.23. The van der Waals surface area contributed by atoms with E-state index in [2.05, 4.69) is 26.9 Å². The third-order valence-electron chi connectivity index (χ3n) is 8.68. The number of hydrogen-bond acceptors (Lipinski definition) is 10. The third kappa shape index (κ3) is 10.8. The van der Waals surface area contributed by atoms with Crippen LogP contribution in [0.25, 0.3) is 10.8 Å². The van der Waals surface area contributed by atoms with Gasteiger partial charge in [0.2, 0.25) is 27.7 Å². The van der Waals surface area contributed by atoms with Crippen LogP contribution in [0.1, 0.15) is 94.9 Å². The van der Waals surface area contributed by atoms with Crippen LogP contribution in [0.4, 0.5) is 4.79 Å². The average Bonchev–Trinajstić information content (AvgIpc) is 3.78. The number of pyridine rings is 1. The number of fused-ring (bicyclic) bond motifs is 1. The molecular formula is C38H55N5O9S. The van der Waals surface area contributed by atoms with Crippen molar-refractivity contribution in [2.45, 2.75) is 135 Å². The van der Waals surface area contributed by atoms with Gasteiger partial charge in [0.05, 0.1) is 11.8 Å². The zero-order valence-electron chi connectivity index (χ0n) is 32.5. The topological polar surface area (TPSA) is 182 Å². The molecule has 1 aliphatic carbocycles. The number of rotatable bonds is 12. The molecule has 1 saturated heterocycles. The fraction of sp³-hybridized carbons (Fsp3) is 0.605. The molecular weight excluding hydrogens is 703 g/mol. The van der Waals surface area contributed by atoms with Crippen LogP contribution in [0.3, 0.4) is 0 Å². The standard InChI is InChI=1S/C38H55N5O9S/c1-12-18-38(11,33(46)42-53(48,49)26-14-15-26)41-30(44)28-21-25(22-43(28)32(45)29(35(2,3)4)40-34(47)52-37(8,9)10)50-31-27-16-13-24(51-36(5,6)7)20-23(27)17-19-39-31/h12-13,16-17,19-20,25-26,28-29H,1,14-15,18,21-22H2,2-11H3,(H,40,47)(H,41,44)(H,42,46)/t25-,28+,29-,38+/m1/s1. The SMILES string of the molecule is C=CC[C@](C)(NC(=O)[C@@H]1C[C@@H](Oc2nccc3cc(OC(C)(C)C)ccc23)CN1C(=O)[C@@H](NC(=O)OC(C)(C)C)C(C)(C)C)C(=O)NS(=O)(=O)C1CC1. The summed E-state index contributed by atoms with van der Waals surface area (Å²) in [5, 5.41) is 6.24. The number of alkyl carbamates (subject to hydrolysis) is 1. The second-order valence-electron chi connectivity index (χ2n) is 17.1. The van der Waals surface area contributed by atoms with Crippen LogP contribution in [-0.4, -0.2) is 88.8 Å². The van der Waals surface area contributed by atoms with Gasteiger partial charge in [-0.05, 0) is 103 Å². The number of aromatic nitrogens is 1. The predicted molar refractivity (Wildman–Crippen MR) is 201 cm³/mol. The van der Waals surface area contributed by atoms with Crippen molar-refractivity contribution >= 4 is 44.6 Å². The van der Waals surface area contributed by atoms with Gasteiger partial charge in [-0.1, -0.05) is 26.8 Å². The molecule has 15 heteroatoms. The highest BCUT2D eigenvalue weighted by Gasteiger charge is 2.49. The Hall–Kier alpha value is -4.40. The number of sulfonamides is 1. The molecule has 4 atom stereocenters. The monoisotopic (exact) mass is 757 g/mol. The van der Waals surface area contributed by atoms with Crippen molar-refractivity contribution in [2.75, 3.05) is 6.54 Å². The van der Waals surface area contributed by atoms with Crippen LogP contribution in [0.5, 0.6) is 11.6 Å². The summed E-state index contributed by atoms with van der Waals surface area (Å²) in [7, 11) is -3.93. The van der Waals surface area contributed by atoms with Gasteiger partial charge < -0.3 is 29.7 Å². The van der Waals surface area contributed by atoms with E-state index in [4.69, 9.17) is 14.2 Å². The Labute approximate surface area is 312 Å². The van der Waals surface area contributed by atoms with E-state index in [0.717, 1.165) is 5.39 Å². The number of benzene rings is 1. The molecule has 2 heterocycles. The molecule has 0 unspecified atom stereocenters. The minimum atomic E-state index is -3.93. The summed E-state index contributed by atoms with van der Waals surface area (Å²) in [5.41, 5.74) is -3.80. The Morgan fingerprint density at radius 3 is 2.23 bits per heavy atom. The van der Waals surface area contributed by atoms with Gasteiger partial charge in [0, 0.05) is 18.0 Å². The van der Waals surface area contributed by atoms with Crippen LogP contribution >= 0.6 is 0 Å². The molecule has 2 aliphatic rings. The molecule has 53 heavy (non-hydrogen) atoms. The van der Waals surface area contributed by atoms with Gasteiger partial charge in [-0.15, -0.1) is 6.58 Å². The number of nitrogens with one attached hydrogen (secondary N) is 3. The Bertz CT molecular complexity index is 1840. The minimum Gasteiger partial charge on any atom is -0.488 e. The lowest BCUT2D eigenvalue weighted by atomic mass is 9.85. The first kappa shape index (κ1) is 41.4. The van der Waals surface area contributed by atoms with Crippen LogP contribution in [-0.2, 0) is 29.1 Å². The average molecular weight is 758 g/mol. The first-order valence-electron chi connectivity index (χ1n) is 17.9. The molecule has 0 spiro atoms. The summed E-state index contributed by atoms with van der Waals surface area (Å²) in [6, 6.07) is 5.03. The van der Waals surface area contributed by atoms with Crippen molar-refractivity contribution in [3.05, 3.63) is 43.1 Å². The smallest absolute Gasteiger partial charge is 0.408 e. The van der Waals surface area contributed by atoms with E-state index < -0.39 is 79.4 Å².